The van der Waals surface area contributed by atoms with Crippen molar-refractivity contribution in [2.75, 3.05) is 0 Å². The zero-order valence-electron chi connectivity index (χ0n) is 8.59. The second kappa shape index (κ2) is 4.25. The molecule has 15 heavy (non-hydrogen) atoms. The first kappa shape index (κ1) is 9.89. The zero-order valence-corrected chi connectivity index (χ0v) is 8.59. The fraction of sp³-hybridized carbons (Fsp3) is 0.182. The molecule has 2 aromatic rings. The van der Waals surface area contributed by atoms with Crippen LogP contribution in [0.2, 0.25) is 0 Å². The predicted molar refractivity (Wildman–Crippen MR) is 58.8 cm³/mol. The first-order valence-corrected chi connectivity index (χ1v) is 4.82. The topological polar surface area (TPSA) is 55.9 Å². The van der Waals surface area contributed by atoms with Crippen molar-refractivity contribution in [2.24, 2.45) is 12.9 Å². The number of nitrogens with one attached hydrogen (secondary N) is 1. The molecule has 0 saturated carbocycles. The molecule has 0 amide bonds. The van der Waals surface area contributed by atoms with E-state index in [0.717, 1.165) is 11.3 Å². The molecule has 0 saturated heterocycles. The summed E-state index contributed by atoms with van der Waals surface area (Å²) in [5, 5.41) is 4.13. The van der Waals surface area contributed by atoms with Gasteiger partial charge in [-0.3, -0.25) is 10.5 Å². The van der Waals surface area contributed by atoms with Crippen LogP contribution in [0.1, 0.15) is 17.3 Å². The van der Waals surface area contributed by atoms with Crippen LogP contribution in [0.15, 0.2) is 42.6 Å². The lowest BCUT2D eigenvalue weighted by atomic mass is 10.0. The highest BCUT2D eigenvalue weighted by molar-refractivity contribution is 5.27. The van der Waals surface area contributed by atoms with Crippen LogP contribution in [0.3, 0.4) is 0 Å². The number of nitrogens with zero attached hydrogens (tertiary/aromatic N) is 2. The Bertz CT molecular complexity index is 421. The van der Waals surface area contributed by atoms with Crippen LogP contribution in [-0.2, 0) is 7.05 Å². The maximum absolute atomic E-state index is 5.57. The summed E-state index contributed by atoms with van der Waals surface area (Å²) >= 11 is 0. The van der Waals surface area contributed by atoms with E-state index in [4.69, 9.17) is 5.84 Å². The van der Waals surface area contributed by atoms with Crippen LogP contribution >= 0.6 is 0 Å². The van der Waals surface area contributed by atoms with Crippen molar-refractivity contribution < 1.29 is 0 Å². The van der Waals surface area contributed by atoms with Crippen molar-refractivity contribution in [1.82, 2.24) is 15.2 Å². The molecule has 0 aliphatic heterocycles. The summed E-state index contributed by atoms with van der Waals surface area (Å²) in [5.74, 6) is 5.57. The van der Waals surface area contributed by atoms with Gasteiger partial charge in [0.05, 0.1) is 11.7 Å². The summed E-state index contributed by atoms with van der Waals surface area (Å²) in [4.78, 5) is 0. The molecule has 1 atom stereocenters. The van der Waals surface area contributed by atoms with E-state index in [1.807, 2.05) is 48.1 Å². The molecule has 4 nitrogen and oxygen atoms in total. The van der Waals surface area contributed by atoms with E-state index in [1.165, 1.54) is 0 Å². The molecule has 0 aliphatic rings. The lowest BCUT2D eigenvalue weighted by Gasteiger charge is -2.16. The Kier molecular flexibility index (Phi) is 2.80. The van der Waals surface area contributed by atoms with Crippen LogP contribution in [0.25, 0.3) is 0 Å². The molecule has 1 aromatic carbocycles. The molecule has 0 aliphatic carbocycles. The SMILES string of the molecule is Cn1nccc1C(NN)c1ccccc1. The van der Waals surface area contributed by atoms with Gasteiger partial charge in [0.1, 0.15) is 0 Å². The molecule has 2 rings (SSSR count). The number of hydrogen-bond acceptors (Lipinski definition) is 3. The average Bonchev–Trinajstić information content (AvgIpc) is 2.68. The number of aryl methyl sites for hydroxylation is 1. The summed E-state index contributed by atoms with van der Waals surface area (Å²) < 4.78 is 1.82. The summed E-state index contributed by atoms with van der Waals surface area (Å²) in [6.45, 7) is 0. The monoisotopic (exact) mass is 202 g/mol. The van der Waals surface area contributed by atoms with Gasteiger partial charge in [0.15, 0.2) is 0 Å². The van der Waals surface area contributed by atoms with Crippen LogP contribution in [-0.4, -0.2) is 9.78 Å². The summed E-state index contributed by atoms with van der Waals surface area (Å²) in [5.41, 5.74) is 4.97. The molecule has 0 fully saturated rings. The van der Waals surface area contributed by atoms with Crippen LogP contribution in [0.4, 0.5) is 0 Å². The quantitative estimate of drug-likeness (QED) is 0.576. The molecule has 0 radical (unpaired) electrons. The summed E-state index contributed by atoms with van der Waals surface area (Å²) in [7, 11) is 1.91. The third-order valence-electron chi connectivity index (χ3n) is 2.45. The predicted octanol–water partition coefficient (Wildman–Crippen LogP) is 0.973. The molecule has 1 aromatic heterocycles. The number of rotatable bonds is 3. The molecular formula is C11H14N4. The van der Waals surface area contributed by atoms with Gasteiger partial charge in [0.25, 0.3) is 0 Å². The van der Waals surface area contributed by atoms with Gasteiger partial charge in [-0.2, -0.15) is 5.10 Å². The van der Waals surface area contributed by atoms with Crippen molar-refractivity contribution in [2.45, 2.75) is 6.04 Å². The van der Waals surface area contributed by atoms with E-state index >= 15 is 0 Å². The summed E-state index contributed by atoms with van der Waals surface area (Å²) in [6.07, 6.45) is 1.77. The van der Waals surface area contributed by atoms with Gasteiger partial charge in [-0.15, -0.1) is 0 Å². The van der Waals surface area contributed by atoms with E-state index in [2.05, 4.69) is 10.5 Å². The number of aromatic nitrogens is 2. The Hall–Kier alpha value is -1.65. The normalized spacial score (nSPS) is 12.7. The lowest BCUT2D eigenvalue weighted by molar-refractivity contribution is 0.575. The second-order valence-electron chi connectivity index (χ2n) is 3.39. The van der Waals surface area contributed by atoms with Gasteiger partial charge in [-0.1, -0.05) is 30.3 Å². The number of hydrazine groups is 1. The molecule has 3 N–H and O–H groups in total. The van der Waals surface area contributed by atoms with E-state index in [0.29, 0.717) is 0 Å². The smallest absolute Gasteiger partial charge is 0.0878 e. The van der Waals surface area contributed by atoms with E-state index in [1.54, 1.807) is 6.20 Å². The third kappa shape index (κ3) is 1.91. The molecule has 0 spiro atoms. The largest absolute Gasteiger partial charge is 0.271 e. The van der Waals surface area contributed by atoms with E-state index in [9.17, 15) is 0 Å². The van der Waals surface area contributed by atoms with Gasteiger partial charge in [-0.05, 0) is 11.6 Å². The van der Waals surface area contributed by atoms with Gasteiger partial charge in [-0.25, -0.2) is 5.43 Å². The zero-order chi connectivity index (χ0) is 10.7. The maximum atomic E-state index is 5.57. The first-order chi connectivity index (χ1) is 7.33. The van der Waals surface area contributed by atoms with Crippen LogP contribution < -0.4 is 11.3 Å². The number of hydrogen-bond donors (Lipinski definition) is 2. The van der Waals surface area contributed by atoms with E-state index < -0.39 is 0 Å². The highest BCUT2D eigenvalue weighted by atomic mass is 15.3. The highest BCUT2D eigenvalue weighted by Gasteiger charge is 2.14. The van der Waals surface area contributed by atoms with E-state index in [-0.39, 0.29) is 6.04 Å². The molecule has 1 unspecified atom stereocenters. The first-order valence-electron chi connectivity index (χ1n) is 4.82. The minimum absolute atomic E-state index is 0.0151. The second-order valence-corrected chi connectivity index (χ2v) is 3.39. The fourth-order valence-electron chi connectivity index (χ4n) is 1.67. The Labute approximate surface area is 88.7 Å². The maximum Gasteiger partial charge on any atom is 0.0878 e. The Morgan fingerprint density at radius 1 is 1.27 bits per heavy atom. The fourth-order valence-corrected chi connectivity index (χ4v) is 1.67. The Morgan fingerprint density at radius 2 is 2.00 bits per heavy atom. The number of benzene rings is 1. The lowest BCUT2D eigenvalue weighted by Crippen LogP contribution is -2.30. The van der Waals surface area contributed by atoms with Gasteiger partial charge in [0, 0.05) is 13.2 Å². The van der Waals surface area contributed by atoms with Crippen molar-refractivity contribution in [3.63, 3.8) is 0 Å². The van der Waals surface area contributed by atoms with Crippen LogP contribution in [0.5, 0.6) is 0 Å². The third-order valence-corrected chi connectivity index (χ3v) is 2.45. The molecule has 78 valence electrons. The Morgan fingerprint density at radius 3 is 2.53 bits per heavy atom. The minimum atomic E-state index is -0.0151. The minimum Gasteiger partial charge on any atom is -0.271 e. The van der Waals surface area contributed by atoms with Crippen molar-refractivity contribution >= 4 is 0 Å². The molecular weight excluding hydrogens is 188 g/mol. The van der Waals surface area contributed by atoms with Crippen molar-refractivity contribution in [3.8, 4) is 0 Å². The summed E-state index contributed by atoms with van der Waals surface area (Å²) in [6, 6.07) is 12.0. The van der Waals surface area contributed by atoms with Gasteiger partial charge >= 0.3 is 0 Å². The molecule has 4 heteroatoms. The average molecular weight is 202 g/mol. The Balaban J connectivity index is 2.37. The van der Waals surface area contributed by atoms with Gasteiger partial charge in [0.2, 0.25) is 0 Å². The van der Waals surface area contributed by atoms with Gasteiger partial charge < -0.3 is 0 Å². The molecule has 1 heterocycles. The van der Waals surface area contributed by atoms with Crippen molar-refractivity contribution in [3.05, 3.63) is 53.9 Å². The molecule has 0 bridgehead atoms. The number of nitrogens with two attached hydrogens (primary N) is 1. The van der Waals surface area contributed by atoms with Crippen molar-refractivity contribution in [1.29, 1.82) is 0 Å². The highest BCUT2D eigenvalue weighted by Crippen LogP contribution is 2.19. The van der Waals surface area contributed by atoms with Crippen LogP contribution in [0, 0.1) is 0 Å². The standard InChI is InChI=1S/C11H14N4/c1-15-10(7-8-13-15)11(14-12)9-5-3-2-4-6-9/h2-8,11,14H,12H2,1H3.